The highest BCUT2D eigenvalue weighted by molar-refractivity contribution is 5.58. The maximum Gasteiger partial charge on any atom is 0.241 e. The van der Waals surface area contributed by atoms with E-state index in [-0.39, 0.29) is 6.10 Å². The van der Waals surface area contributed by atoms with E-state index >= 15 is 0 Å². The minimum absolute atomic E-state index is 0.123. The second kappa shape index (κ2) is 8.17. The number of aromatic nitrogens is 3. The Morgan fingerprint density at radius 1 is 1.11 bits per heavy atom. The van der Waals surface area contributed by atoms with Gasteiger partial charge in [-0.3, -0.25) is 0 Å². The van der Waals surface area contributed by atoms with Gasteiger partial charge in [0.1, 0.15) is 0 Å². The molecule has 2 saturated carbocycles. The molecule has 4 rings (SSSR count). The maximum atomic E-state index is 9.92. The lowest BCUT2D eigenvalue weighted by Crippen LogP contribution is -2.19. The van der Waals surface area contributed by atoms with Crippen LogP contribution in [0.4, 0.5) is 5.95 Å². The van der Waals surface area contributed by atoms with Crippen LogP contribution in [0.15, 0.2) is 12.3 Å². The number of fused-ring (bicyclic) bond motifs is 1. The van der Waals surface area contributed by atoms with E-state index in [1.807, 2.05) is 6.20 Å². The van der Waals surface area contributed by atoms with E-state index in [4.69, 9.17) is 5.10 Å². The average molecular weight is 371 g/mol. The highest BCUT2D eigenvalue weighted by atomic mass is 16.3. The minimum atomic E-state index is -0.123. The standard InChI is InChI=1S/C22H34N4O/c1-3-15(2)24-22-23-14-21-19(16-7-5-4-6-8-16)13-20(26(21)25-22)17-9-11-18(27)12-10-17/h13-18,27H,3-12H2,1-2H3,(H,24,25). The van der Waals surface area contributed by atoms with E-state index in [1.54, 1.807) is 0 Å². The zero-order valence-corrected chi connectivity index (χ0v) is 16.8. The molecule has 0 amide bonds. The van der Waals surface area contributed by atoms with Crippen LogP contribution in [0, 0.1) is 0 Å². The van der Waals surface area contributed by atoms with Crippen molar-refractivity contribution in [1.82, 2.24) is 14.6 Å². The summed E-state index contributed by atoms with van der Waals surface area (Å²) in [6, 6.07) is 2.79. The van der Waals surface area contributed by atoms with E-state index in [0.717, 1.165) is 38.1 Å². The Balaban J connectivity index is 1.72. The molecule has 2 aliphatic carbocycles. The van der Waals surface area contributed by atoms with Crippen molar-refractivity contribution in [2.45, 2.75) is 102 Å². The Labute approximate surface area is 162 Å². The topological polar surface area (TPSA) is 62.5 Å². The lowest BCUT2D eigenvalue weighted by molar-refractivity contribution is 0.121. The van der Waals surface area contributed by atoms with Gasteiger partial charge in [-0.05, 0) is 69.4 Å². The number of hydrogen-bond donors (Lipinski definition) is 2. The SMILES string of the molecule is CCC(C)Nc1ncc2c(C3CCCCC3)cc(C3CCC(O)CC3)n2n1. The molecule has 27 heavy (non-hydrogen) atoms. The second-order valence-electron chi connectivity index (χ2n) is 8.70. The van der Waals surface area contributed by atoms with E-state index in [2.05, 4.69) is 34.7 Å². The van der Waals surface area contributed by atoms with Crippen LogP contribution < -0.4 is 5.32 Å². The summed E-state index contributed by atoms with van der Waals surface area (Å²) in [6.45, 7) is 4.34. The molecule has 2 aliphatic rings. The van der Waals surface area contributed by atoms with Crippen molar-refractivity contribution in [3.8, 4) is 0 Å². The number of aliphatic hydroxyl groups excluding tert-OH is 1. The molecule has 0 radical (unpaired) electrons. The summed E-state index contributed by atoms with van der Waals surface area (Å²) >= 11 is 0. The summed E-state index contributed by atoms with van der Waals surface area (Å²) in [5.74, 6) is 1.86. The Morgan fingerprint density at radius 2 is 1.85 bits per heavy atom. The first-order valence-electron chi connectivity index (χ1n) is 11.0. The van der Waals surface area contributed by atoms with Crippen LogP contribution in [-0.4, -0.2) is 31.9 Å². The summed E-state index contributed by atoms with van der Waals surface area (Å²) in [6.07, 6.45) is 13.5. The normalized spacial score (nSPS) is 25.6. The zero-order chi connectivity index (χ0) is 18.8. The number of nitrogens with zero attached hydrogens (tertiary/aromatic N) is 3. The van der Waals surface area contributed by atoms with Gasteiger partial charge in [0.25, 0.3) is 0 Å². The average Bonchev–Trinajstić information content (AvgIpc) is 3.08. The number of nitrogens with one attached hydrogen (secondary N) is 1. The van der Waals surface area contributed by atoms with E-state index in [0.29, 0.717) is 17.9 Å². The molecular weight excluding hydrogens is 336 g/mol. The van der Waals surface area contributed by atoms with E-state index in [1.165, 1.54) is 48.9 Å². The lowest BCUT2D eigenvalue weighted by Gasteiger charge is -2.25. The van der Waals surface area contributed by atoms with Crippen molar-refractivity contribution in [2.75, 3.05) is 5.32 Å². The number of aliphatic hydroxyl groups is 1. The molecule has 0 spiro atoms. The first kappa shape index (κ1) is 18.7. The van der Waals surface area contributed by atoms with Crippen molar-refractivity contribution in [3.63, 3.8) is 0 Å². The Morgan fingerprint density at radius 3 is 2.56 bits per heavy atom. The van der Waals surface area contributed by atoms with Gasteiger partial charge in [-0.25, -0.2) is 9.50 Å². The molecule has 1 atom stereocenters. The molecule has 5 nitrogen and oxygen atoms in total. The Bertz CT molecular complexity index is 757. The summed E-state index contributed by atoms with van der Waals surface area (Å²) < 4.78 is 2.17. The van der Waals surface area contributed by atoms with Crippen molar-refractivity contribution in [2.24, 2.45) is 0 Å². The molecule has 2 fully saturated rings. The third-order valence-electron chi connectivity index (χ3n) is 6.72. The third kappa shape index (κ3) is 3.98. The van der Waals surface area contributed by atoms with Crippen molar-refractivity contribution in [1.29, 1.82) is 0 Å². The second-order valence-corrected chi connectivity index (χ2v) is 8.70. The van der Waals surface area contributed by atoms with Crippen LogP contribution in [0.25, 0.3) is 5.52 Å². The van der Waals surface area contributed by atoms with Gasteiger partial charge in [-0.15, -0.1) is 5.10 Å². The van der Waals surface area contributed by atoms with Gasteiger partial charge in [0.15, 0.2) is 0 Å². The molecule has 0 bridgehead atoms. The summed E-state index contributed by atoms with van der Waals surface area (Å²) in [7, 11) is 0. The fraction of sp³-hybridized carbons (Fsp3) is 0.727. The highest BCUT2D eigenvalue weighted by Gasteiger charge is 2.27. The van der Waals surface area contributed by atoms with Gasteiger partial charge in [0.05, 0.1) is 17.8 Å². The van der Waals surface area contributed by atoms with Crippen molar-refractivity contribution >= 4 is 11.5 Å². The predicted molar refractivity (Wildman–Crippen MR) is 109 cm³/mol. The van der Waals surface area contributed by atoms with E-state index < -0.39 is 0 Å². The van der Waals surface area contributed by atoms with Crippen molar-refractivity contribution in [3.05, 3.63) is 23.5 Å². The highest BCUT2D eigenvalue weighted by Crippen LogP contribution is 2.40. The predicted octanol–water partition coefficient (Wildman–Crippen LogP) is 5.01. The molecule has 148 valence electrons. The Kier molecular flexibility index (Phi) is 5.67. The molecule has 2 aromatic rings. The van der Waals surface area contributed by atoms with Crippen LogP contribution in [0.1, 0.15) is 101 Å². The van der Waals surface area contributed by atoms with Crippen LogP contribution in [0.5, 0.6) is 0 Å². The molecule has 2 aromatic heterocycles. The summed E-state index contributed by atoms with van der Waals surface area (Å²) in [4.78, 5) is 4.64. The van der Waals surface area contributed by atoms with Crippen LogP contribution in [0.3, 0.4) is 0 Å². The molecule has 2 heterocycles. The summed E-state index contributed by atoms with van der Waals surface area (Å²) in [5, 5.41) is 18.3. The maximum absolute atomic E-state index is 9.92. The molecule has 0 saturated heterocycles. The lowest BCUT2D eigenvalue weighted by atomic mass is 9.83. The van der Waals surface area contributed by atoms with Gasteiger partial charge in [-0.1, -0.05) is 26.2 Å². The molecule has 2 N–H and O–H groups in total. The molecule has 0 aliphatic heterocycles. The molecular formula is C22H34N4O. The number of rotatable bonds is 5. The van der Waals surface area contributed by atoms with Crippen LogP contribution in [0.2, 0.25) is 0 Å². The Hall–Kier alpha value is -1.62. The van der Waals surface area contributed by atoms with Gasteiger partial charge < -0.3 is 10.4 Å². The van der Waals surface area contributed by atoms with Crippen LogP contribution in [-0.2, 0) is 0 Å². The fourth-order valence-electron chi connectivity index (χ4n) is 4.83. The van der Waals surface area contributed by atoms with Gasteiger partial charge in [-0.2, -0.15) is 0 Å². The molecule has 0 aromatic carbocycles. The fourth-order valence-corrected chi connectivity index (χ4v) is 4.83. The third-order valence-corrected chi connectivity index (χ3v) is 6.72. The smallest absolute Gasteiger partial charge is 0.241 e. The number of hydrogen-bond acceptors (Lipinski definition) is 4. The first-order valence-corrected chi connectivity index (χ1v) is 11.0. The molecule has 1 unspecified atom stereocenters. The number of anilines is 1. The van der Waals surface area contributed by atoms with Crippen LogP contribution >= 0.6 is 0 Å². The van der Waals surface area contributed by atoms with Crippen molar-refractivity contribution < 1.29 is 5.11 Å². The summed E-state index contributed by atoms with van der Waals surface area (Å²) in [5.41, 5.74) is 3.97. The van der Waals surface area contributed by atoms with Gasteiger partial charge in [0.2, 0.25) is 5.95 Å². The largest absolute Gasteiger partial charge is 0.393 e. The zero-order valence-electron chi connectivity index (χ0n) is 16.8. The minimum Gasteiger partial charge on any atom is -0.393 e. The quantitative estimate of drug-likeness (QED) is 0.777. The monoisotopic (exact) mass is 370 g/mol. The molecule has 5 heteroatoms. The van der Waals surface area contributed by atoms with E-state index in [9.17, 15) is 5.11 Å². The first-order chi connectivity index (χ1) is 13.2. The van der Waals surface area contributed by atoms with Gasteiger partial charge >= 0.3 is 0 Å². The van der Waals surface area contributed by atoms with Gasteiger partial charge in [0, 0.05) is 17.7 Å².